The highest BCUT2D eigenvalue weighted by atomic mass is 32.2. The molecule has 0 aliphatic carbocycles. The molecule has 0 spiro atoms. The van der Waals surface area contributed by atoms with Crippen molar-refractivity contribution in [1.82, 2.24) is 0 Å². The fourth-order valence-electron chi connectivity index (χ4n) is 1.53. The van der Waals surface area contributed by atoms with Gasteiger partial charge in [0.05, 0.1) is 5.56 Å². The first-order chi connectivity index (χ1) is 8.90. The van der Waals surface area contributed by atoms with Crippen LogP contribution < -0.4 is 0 Å². The van der Waals surface area contributed by atoms with Gasteiger partial charge < -0.3 is 9.52 Å². The second kappa shape index (κ2) is 4.85. The van der Waals surface area contributed by atoms with E-state index in [2.05, 4.69) is 0 Å². The number of carboxylic acids is 1. The lowest BCUT2D eigenvalue weighted by Gasteiger charge is -2.03. The van der Waals surface area contributed by atoms with Crippen LogP contribution in [-0.4, -0.2) is 19.5 Å². The van der Waals surface area contributed by atoms with Gasteiger partial charge >= 0.3 is 5.97 Å². The van der Waals surface area contributed by atoms with Gasteiger partial charge in [0, 0.05) is 0 Å². The van der Waals surface area contributed by atoms with Crippen LogP contribution in [0.2, 0.25) is 0 Å². The monoisotopic (exact) mass is 284 g/mol. The lowest BCUT2D eigenvalue weighted by molar-refractivity contribution is 0.0696. The van der Waals surface area contributed by atoms with Gasteiger partial charge in [-0.25, -0.2) is 17.6 Å². The maximum atomic E-state index is 13.4. The van der Waals surface area contributed by atoms with E-state index in [1.165, 1.54) is 12.1 Å². The molecule has 100 valence electrons. The Labute approximate surface area is 108 Å². The summed E-state index contributed by atoms with van der Waals surface area (Å²) in [5.74, 6) is -2.73. The van der Waals surface area contributed by atoms with Crippen LogP contribution in [0.5, 0.6) is 0 Å². The zero-order chi connectivity index (χ0) is 14.0. The third-order valence-corrected chi connectivity index (χ3v) is 4.07. The van der Waals surface area contributed by atoms with E-state index in [0.29, 0.717) is 0 Å². The molecule has 0 aliphatic heterocycles. The standard InChI is InChI=1S/C12H9FO5S/c13-10-3-1-2-4-11(10)19(16,17)7-9-5-8(6-18-9)12(14)15/h1-6H,7H2,(H,14,15). The molecule has 2 rings (SSSR count). The summed E-state index contributed by atoms with van der Waals surface area (Å²) in [5.41, 5.74) is -0.154. The van der Waals surface area contributed by atoms with Crippen LogP contribution in [0.4, 0.5) is 4.39 Å². The number of rotatable bonds is 4. The van der Waals surface area contributed by atoms with Crippen molar-refractivity contribution in [3.8, 4) is 0 Å². The Balaban J connectivity index is 2.31. The molecule has 0 amide bonds. The van der Waals surface area contributed by atoms with Crippen LogP contribution in [0.1, 0.15) is 16.1 Å². The molecule has 1 N–H and O–H groups in total. The number of hydrogen-bond acceptors (Lipinski definition) is 4. The Bertz CT molecular complexity index is 717. The van der Waals surface area contributed by atoms with E-state index in [0.717, 1.165) is 24.5 Å². The van der Waals surface area contributed by atoms with E-state index in [1.54, 1.807) is 0 Å². The van der Waals surface area contributed by atoms with Crippen LogP contribution in [0.25, 0.3) is 0 Å². The van der Waals surface area contributed by atoms with Gasteiger partial charge in [-0.1, -0.05) is 12.1 Å². The summed E-state index contributed by atoms with van der Waals surface area (Å²) in [6.45, 7) is 0. The third-order valence-electron chi connectivity index (χ3n) is 2.40. The van der Waals surface area contributed by atoms with Gasteiger partial charge in [-0.3, -0.25) is 0 Å². The van der Waals surface area contributed by atoms with Gasteiger partial charge in [-0.15, -0.1) is 0 Å². The Morgan fingerprint density at radius 2 is 2.00 bits per heavy atom. The van der Waals surface area contributed by atoms with E-state index in [9.17, 15) is 17.6 Å². The average molecular weight is 284 g/mol. The van der Waals surface area contributed by atoms with E-state index in [4.69, 9.17) is 9.52 Å². The Morgan fingerprint density at radius 3 is 2.58 bits per heavy atom. The number of hydrogen-bond donors (Lipinski definition) is 1. The molecule has 0 unspecified atom stereocenters. The summed E-state index contributed by atoms with van der Waals surface area (Å²) in [5, 5.41) is 8.69. The fraction of sp³-hybridized carbons (Fsp3) is 0.0833. The molecule has 19 heavy (non-hydrogen) atoms. The van der Waals surface area contributed by atoms with E-state index >= 15 is 0 Å². The normalized spacial score (nSPS) is 11.4. The summed E-state index contributed by atoms with van der Waals surface area (Å²) in [7, 11) is -3.92. The van der Waals surface area contributed by atoms with E-state index in [-0.39, 0.29) is 11.3 Å². The third kappa shape index (κ3) is 2.82. The first-order valence-electron chi connectivity index (χ1n) is 5.18. The van der Waals surface area contributed by atoms with E-state index in [1.807, 2.05) is 0 Å². The number of furan rings is 1. The summed E-state index contributed by atoms with van der Waals surface area (Å²) in [4.78, 5) is 10.2. The van der Waals surface area contributed by atoms with Gasteiger partial charge in [0.15, 0.2) is 9.84 Å². The number of carboxylic acid groups (broad SMARTS) is 1. The molecule has 1 heterocycles. The maximum absolute atomic E-state index is 13.4. The smallest absolute Gasteiger partial charge is 0.338 e. The molecule has 0 bridgehead atoms. The summed E-state index contributed by atoms with van der Waals surface area (Å²) in [6.07, 6.45) is 0.939. The van der Waals surface area contributed by atoms with Crippen LogP contribution >= 0.6 is 0 Å². The number of halogens is 1. The SMILES string of the molecule is O=C(O)c1coc(CS(=O)(=O)c2ccccc2F)c1. The maximum Gasteiger partial charge on any atom is 0.338 e. The fourth-order valence-corrected chi connectivity index (χ4v) is 2.86. The number of sulfone groups is 1. The van der Waals surface area contributed by atoms with Crippen molar-refractivity contribution in [3.63, 3.8) is 0 Å². The van der Waals surface area contributed by atoms with Crippen molar-refractivity contribution in [2.45, 2.75) is 10.6 Å². The molecule has 2 aromatic rings. The highest BCUT2D eigenvalue weighted by Gasteiger charge is 2.21. The molecular formula is C12H9FO5S. The van der Waals surface area contributed by atoms with Gasteiger partial charge in [0.25, 0.3) is 0 Å². The molecule has 0 fully saturated rings. The average Bonchev–Trinajstić information content (AvgIpc) is 2.77. The second-order valence-corrected chi connectivity index (χ2v) is 5.75. The lowest BCUT2D eigenvalue weighted by atomic mass is 10.3. The quantitative estimate of drug-likeness (QED) is 0.929. The van der Waals surface area contributed by atoms with Crippen LogP contribution in [0.15, 0.2) is 45.9 Å². The molecule has 1 aromatic carbocycles. The first-order valence-corrected chi connectivity index (χ1v) is 6.83. The Kier molecular flexibility index (Phi) is 3.39. The van der Waals surface area contributed by atoms with Gasteiger partial charge in [-0.2, -0.15) is 0 Å². The number of benzene rings is 1. The summed E-state index contributed by atoms with van der Waals surface area (Å²) < 4.78 is 42.2. The molecule has 0 saturated heterocycles. The minimum absolute atomic E-state index is 0.0550. The van der Waals surface area contributed by atoms with Crippen molar-refractivity contribution in [2.75, 3.05) is 0 Å². The molecule has 0 saturated carbocycles. The first kappa shape index (κ1) is 13.3. The molecule has 0 radical (unpaired) electrons. The zero-order valence-electron chi connectivity index (χ0n) is 9.54. The van der Waals surface area contributed by atoms with Gasteiger partial charge in [0.1, 0.15) is 28.5 Å². The van der Waals surface area contributed by atoms with Gasteiger partial charge in [-0.05, 0) is 18.2 Å². The predicted molar refractivity (Wildman–Crippen MR) is 63.0 cm³/mol. The second-order valence-electron chi connectivity index (χ2n) is 3.80. The van der Waals surface area contributed by atoms with Gasteiger partial charge in [0.2, 0.25) is 0 Å². The largest absolute Gasteiger partial charge is 0.478 e. The molecule has 5 nitrogen and oxygen atoms in total. The molecule has 0 aliphatic rings. The van der Waals surface area contributed by atoms with Crippen molar-refractivity contribution in [3.05, 3.63) is 53.7 Å². The topological polar surface area (TPSA) is 84.6 Å². The minimum Gasteiger partial charge on any atom is -0.478 e. The number of carbonyl (C=O) groups is 1. The summed E-state index contributed by atoms with van der Waals surface area (Å²) >= 11 is 0. The zero-order valence-corrected chi connectivity index (χ0v) is 10.4. The number of aromatic carboxylic acids is 1. The van der Waals surface area contributed by atoms with Crippen LogP contribution in [0.3, 0.4) is 0 Å². The molecular weight excluding hydrogens is 275 g/mol. The molecule has 7 heteroatoms. The van der Waals surface area contributed by atoms with Crippen molar-refractivity contribution < 1.29 is 27.1 Å². The van der Waals surface area contributed by atoms with Crippen molar-refractivity contribution >= 4 is 15.8 Å². The Morgan fingerprint density at radius 1 is 1.32 bits per heavy atom. The van der Waals surface area contributed by atoms with E-state index < -0.39 is 32.3 Å². The van der Waals surface area contributed by atoms with Crippen LogP contribution in [-0.2, 0) is 15.6 Å². The molecule has 1 aromatic heterocycles. The highest BCUT2D eigenvalue weighted by Crippen LogP contribution is 2.20. The summed E-state index contributed by atoms with van der Waals surface area (Å²) in [6, 6.07) is 6.06. The lowest BCUT2D eigenvalue weighted by Crippen LogP contribution is -2.06. The van der Waals surface area contributed by atoms with Crippen LogP contribution in [0, 0.1) is 5.82 Å². The highest BCUT2D eigenvalue weighted by molar-refractivity contribution is 7.90. The van der Waals surface area contributed by atoms with Crippen molar-refractivity contribution in [2.24, 2.45) is 0 Å². The Hall–Kier alpha value is -2.15. The molecule has 0 atom stereocenters. The predicted octanol–water partition coefficient (Wildman–Crippen LogP) is 2.09. The van der Waals surface area contributed by atoms with Crippen molar-refractivity contribution in [1.29, 1.82) is 0 Å². The minimum atomic E-state index is -3.92.